The molecule has 0 aliphatic carbocycles. The molecule has 7 nitrogen and oxygen atoms in total. The topological polar surface area (TPSA) is 109 Å². The number of allylic oxidation sites excluding steroid dienone is 1. The molecule has 140 valence electrons. The highest BCUT2D eigenvalue weighted by atomic mass is 16.5. The number of aromatic amines is 1. The summed E-state index contributed by atoms with van der Waals surface area (Å²) in [6.45, 7) is 2.09. The quantitative estimate of drug-likeness (QED) is 0.344. The van der Waals surface area contributed by atoms with Gasteiger partial charge in [-0.1, -0.05) is 0 Å². The molecule has 0 saturated carbocycles. The number of benzene rings is 2. The van der Waals surface area contributed by atoms with Gasteiger partial charge in [-0.15, -0.1) is 0 Å². The van der Waals surface area contributed by atoms with Crippen molar-refractivity contribution in [1.82, 2.24) is 15.3 Å². The molecule has 0 spiro atoms. The number of H-pyrrole nitrogens is 1. The molecule has 0 bridgehead atoms. The van der Waals surface area contributed by atoms with Crippen LogP contribution in [0.1, 0.15) is 11.4 Å². The van der Waals surface area contributed by atoms with E-state index in [1.807, 2.05) is 42.5 Å². The molecule has 3 aromatic rings. The van der Waals surface area contributed by atoms with Crippen LogP contribution in [0, 0.1) is 5.41 Å². The smallest absolute Gasteiger partial charge is 0.129 e. The Kier molecular flexibility index (Phi) is 6.19. The number of nitrogens with two attached hydrogens (primary N) is 1. The maximum absolute atomic E-state index is 7.07. The second-order valence-corrected chi connectivity index (χ2v) is 5.95. The van der Waals surface area contributed by atoms with Gasteiger partial charge in [-0.3, -0.25) is 0 Å². The van der Waals surface area contributed by atoms with Gasteiger partial charge in [-0.05, 0) is 48.0 Å². The van der Waals surface area contributed by atoms with E-state index in [0.717, 1.165) is 34.7 Å². The van der Waals surface area contributed by atoms with E-state index in [9.17, 15) is 0 Å². The number of nitrogens with zero attached hydrogens (tertiary/aromatic N) is 1. The summed E-state index contributed by atoms with van der Waals surface area (Å²) in [6.07, 6.45) is 2.71. The van der Waals surface area contributed by atoms with E-state index in [4.69, 9.17) is 20.6 Å². The van der Waals surface area contributed by atoms with Gasteiger partial charge < -0.3 is 30.9 Å². The van der Waals surface area contributed by atoms with Gasteiger partial charge >= 0.3 is 0 Å². The number of fused-ring (bicyclic) bond motifs is 1. The molecule has 27 heavy (non-hydrogen) atoms. The van der Waals surface area contributed by atoms with Crippen molar-refractivity contribution in [1.29, 1.82) is 5.41 Å². The summed E-state index contributed by atoms with van der Waals surface area (Å²) in [5.74, 6) is 2.30. The van der Waals surface area contributed by atoms with Crippen LogP contribution in [0.25, 0.3) is 16.7 Å². The Labute approximate surface area is 157 Å². The summed E-state index contributed by atoms with van der Waals surface area (Å²) in [5.41, 5.74) is 9.08. The Morgan fingerprint density at radius 2 is 2.00 bits per heavy atom. The van der Waals surface area contributed by atoms with Crippen molar-refractivity contribution in [2.24, 2.45) is 5.73 Å². The molecule has 0 atom stereocenters. The maximum atomic E-state index is 7.07. The van der Waals surface area contributed by atoms with Crippen molar-refractivity contribution in [3.63, 3.8) is 0 Å². The summed E-state index contributed by atoms with van der Waals surface area (Å²) >= 11 is 0. The highest BCUT2D eigenvalue weighted by molar-refractivity contribution is 5.81. The molecule has 0 saturated heterocycles. The molecular weight excluding hydrogens is 342 g/mol. The largest absolute Gasteiger partial charge is 0.457 e. The number of hydrogen-bond donors (Lipinski definition) is 4. The average Bonchev–Trinajstić information content (AvgIpc) is 3.08. The maximum Gasteiger partial charge on any atom is 0.129 e. The fourth-order valence-electron chi connectivity index (χ4n) is 2.61. The standard InChI is InChI=1S/C20H23N5O2/c1-26-11-10-23-13-20-24-18-7-6-16(12-19(18)25-20)27-15-4-2-14(3-5-15)17(22)8-9-21/h2-9,12,21,23H,10-11,13,22H2,1H3,(H,24,25)/b17-8-,21-9?. The molecule has 7 heteroatoms. The Bertz CT molecular complexity index is 931. The number of hydrogen-bond acceptors (Lipinski definition) is 6. The monoisotopic (exact) mass is 365 g/mol. The molecular formula is C20H23N5O2. The minimum absolute atomic E-state index is 0.544. The van der Waals surface area contributed by atoms with Crippen LogP contribution in [0.2, 0.25) is 0 Å². The number of methoxy groups -OCH3 is 1. The van der Waals surface area contributed by atoms with Crippen LogP contribution in [0.3, 0.4) is 0 Å². The van der Waals surface area contributed by atoms with Crippen molar-refractivity contribution in [2.45, 2.75) is 6.54 Å². The van der Waals surface area contributed by atoms with Crippen molar-refractivity contribution in [2.75, 3.05) is 20.3 Å². The molecule has 1 aromatic heterocycles. The number of rotatable bonds is 9. The van der Waals surface area contributed by atoms with E-state index >= 15 is 0 Å². The van der Waals surface area contributed by atoms with Crippen molar-refractivity contribution in [3.05, 3.63) is 59.9 Å². The SMILES string of the molecule is COCCNCc1nc2ccc(Oc3ccc(/C(N)=C/C=N)cc3)cc2[nH]1. The molecule has 1 heterocycles. The van der Waals surface area contributed by atoms with Crippen molar-refractivity contribution < 1.29 is 9.47 Å². The summed E-state index contributed by atoms with van der Waals surface area (Å²) in [5, 5.41) is 10.3. The van der Waals surface area contributed by atoms with E-state index in [2.05, 4.69) is 15.3 Å². The van der Waals surface area contributed by atoms with E-state index in [0.29, 0.717) is 24.6 Å². The van der Waals surface area contributed by atoms with Crippen molar-refractivity contribution >= 4 is 22.9 Å². The van der Waals surface area contributed by atoms with Gasteiger partial charge in [0.05, 0.1) is 24.2 Å². The number of aromatic nitrogens is 2. The van der Waals surface area contributed by atoms with Crippen molar-refractivity contribution in [3.8, 4) is 11.5 Å². The number of nitrogens with one attached hydrogen (secondary N) is 3. The lowest BCUT2D eigenvalue weighted by molar-refractivity contribution is 0.199. The summed E-state index contributed by atoms with van der Waals surface area (Å²) in [6, 6.07) is 13.2. The van der Waals surface area contributed by atoms with Gasteiger partial charge in [0.2, 0.25) is 0 Å². The van der Waals surface area contributed by atoms with Crippen LogP contribution >= 0.6 is 0 Å². The molecule has 0 amide bonds. The van der Waals surface area contributed by atoms with Gasteiger partial charge in [-0.25, -0.2) is 4.98 Å². The van der Waals surface area contributed by atoms with Gasteiger partial charge in [-0.2, -0.15) is 0 Å². The Balaban J connectivity index is 1.68. The van der Waals surface area contributed by atoms with Crippen LogP contribution in [-0.2, 0) is 11.3 Å². The lowest BCUT2D eigenvalue weighted by Crippen LogP contribution is -2.19. The van der Waals surface area contributed by atoms with Crippen LogP contribution < -0.4 is 15.8 Å². The molecule has 0 aliphatic heterocycles. The minimum atomic E-state index is 0.544. The van der Waals surface area contributed by atoms with Gasteiger partial charge in [0.1, 0.15) is 17.3 Å². The highest BCUT2D eigenvalue weighted by Gasteiger charge is 2.05. The zero-order chi connectivity index (χ0) is 19.1. The van der Waals surface area contributed by atoms with Gasteiger partial charge in [0.25, 0.3) is 0 Å². The third kappa shape index (κ3) is 4.93. The molecule has 0 radical (unpaired) electrons. The first-order valence-corrected chi connectivity index (χ1v) is 8.62. The summed E-state index contributed by atoms with van der Waals surface area (Å²) in [7, 11) is 1.68. The first kappa shape index (κ1) is 18.6. The fraction of sp³-hybridized carbons (Fsp3) is 0.200. The third-order valence-electron chi connectivity index (χ3n) is 3.96. The van der Waals surface area contributed by atoms with Crippen LogP contribution in [0.15, 0.2) is 48.5 Å². The molecule has 0 aliphatic rings. The number of ether oxygens (including phenoxy) is 2. The Hall–Kier alpha value is -3.16. The minimum Gasteiger partial charge on any atom is -0.457 e. The second-order valence-electron chi connectivity index (χ2n) is 5.95. The molecule has 0 unspecified atom stereocenters. The highest BCUT2D eigenvalue weighted by Crippen LogP contribution is 2.25. The Morgan fingerprint density at radius 1 is 1.22 bits per heavy atom. The third-order valence-corrected chi connectivity index (χ3v) is 3.96. The zero-order valence-corrected chi connectivity index (χ0v) is 15.2. The lowest BCUT2D eigenvalue weighted by atomic mass is 10.1. The first-order valence-electron chi connectivity index (χ1n) is 8.62. The molecule has 0 fully saturated rings. The predicted octanol–water partition coefficient (Wildman–Crippen LogP) is 3.04. The van der Waals surface area contributed by atoms with Crippen LogP contribution in [0.4, 0.5) is 0 Å². The summed E-state index contributed by atoms with van der Waals surface area (Å²) < 4.78 is 10.9. The number of imidazole rings is 1. The van der Waals surface area contributed by atoms with E-state index in [-0.39, 0.29) is 0 Å². The molecule has 2 aromatic carbocycles. The molecule has 5 N–H and O–H groups in total. The van der Waals surface area contributed by atoms with Crippen LogP contribution in [0.5, 0.6) is 11.5 Å². The van der Waals surface area contributed by atoms with Gasteiger partial charge in [0, 0.05) is 31.6 Å². The average molecular weight is 365 g/mol. The predicted molar refractivity (Wildman–Crippen MR) is 107 cm³/mol. The van der Waals surface area contributed by atoms with E-state index in [1.54, 1.807) is 13.2 Å². The normalized spacial score (nSPS) is 11.7. The molecule has 3 rings (SSSR count). The van der Waals surface area contributed by atoms with Crippen LogP contribution in [-0.4, -0.2) is 36.4 Å². The zero-order valence-electron chi connectivity index (χ0n) is 15.2. The van der Waals surface area contributed by atoms with E-state index < -0.39 is 0 Å². The first-order chi connectivity index (χ1) is 13.2. The Morgan fingerprint density at radius 3 is 2.74 bits per heavy atom. The lowest BCUT2D eigenvalue weighted by Gasteiger charge is -2.07. The van der Waals surface area contributed by atoms with E-state index in [1.165, 1.54) is 6.21 Å². The summed E-state index contributed by atoms with van der Waals surface area (Å²) in [4.78, 5) is 7.85. The van der Waals surface area contributed by atoms with Gasteiger partial charge in [0.15, 0.2) is 0 Å². The fourth-order valence-corrected chi connectivity index (χ4v) is 2.61. The second kappa shape index (κ2) is 8.98.